The van der Waals surface area contributed by atoms with Crippen LogP contribution in [-0.2, 0) is 0 Å². The molecule has 3 heteroatoms. The first-order valence-corrected chi connectivity index (χ1v) is 7.09. The normalized spacial score (nSPS) is 10.3. The van der Waals surface area contributed by atoms with Gasteiger partial charge in [0.05, 0.1) is 7.11 Å². The molecular formula is C18H22O3. The van der Waals surface area contributed by atoms with Crippen molar-refractivity contribution in [3.63, 3.8) is 0 Å². The van der Waals surface area contributed by atoms with Gasteiger partial charge in [0.1, 0.15) is 19.0 Å². The Labute approximate surface area is 126 Å². The van der Waals surface area contributed by atoms with Gasteiger partial charge in [0.25, 0.3) is 0 Å². The smallest absolute Gasteiger partial charge is 0.161 e. The number of hydrogen-bond donors (Lipinski definition) is 0. The van der Waals surface area contributed by atoms with Crippen LogP contribution in [0.15, 0.2) is 36.4 Å². The highest BCUT2D eigenvalue weighted by Gasteiger charge is 2.07. The molecule has 2 aromatic carbocycles. The zero-order chi connectivity index (χ0) is 15.2. The summed E-state index contributed by atoms with van der Waals surface area (Å²) in [7, 11) is 1.64. The lowest BCUT2D eigenvalue weighted by Crippen LogP contribution is -2.11. The molecule has 0 atom stereocenters. The summed E-state index contributed by atoms with van der Waals surface area (Å²) >= 11 is 0. The molecular weight excluding hydrogens is 264 g/mol. The van der Waals surface area contributed by atoms with Gasteiger partial charge in [0, 0.05) is 0 Å². The molecule has 0 aliphatic carbocycles. The van der Waals surface area contributed by atoms with Gasteiger partial charge in [0.2, 0.25) is 0 Å². The van der Waals surface area contributed by atoms with E-state index in [4.69, 9.17) is 14.2 Å². The van der Waals surface area contributed by atoms with Crippen molar-refractivity contribution < 1.29 is 14.2 Å². The first kappa shape index (κ1) is 15.2. The first-order chi connectivity index (χ1) is 10.1. The Kier molecular flexibility index (Phi) is 5.09. The van der Waals surface area contributed by atoms with Gasteiger partial charge in [0.15, 0.2) is 11.5 Å². The van der Waals surface area contributed by atoms with Crippen LogP contribution in [0.25, 0.3) is 0 Å². The van der Waals surface area contributed by atoms with E-state index in [9.17, 15) is 0 Å². The molecule has 0 aromatic heterocycles. The van der Waals surface area contributed by atoms with Gasteiger partial charge in [-0.2, -0.15) is 0 Å². The highest BCUT2D eigenvalue weighted by molar-refractivity contribution is 5.44. The van der Waals surface area contributed by atoms with Gasteiger partial charge in [-0.1, -0.05) is 24.3 Å². The summed E-state index contributed by atoms with van der Waals surface area (Å²) in [4.78, 5) is 0. The van der Waals surface area contributed by atoms with E-state index in [0.717, 1.165) is 22.8 Å². The summed E-state index contributed by atoms with van der Waals surface area (Å²) in [5.41, 5.74) is 3.57. The third kappa shape index (κ3) is 3.69. The molecule has 2 aromatic rings. The molecule has 2 rings (SSSR count). The third-order valence-electron chi connectivity index (χ3n) is 3.53. The molecule has 0 bridgehead atoms. The van der Waals surface area contributed by atoms with Crippen molar-refractivity contribution in [2.24, 2.45) is 0 Å². The van der Waals surface area contributed by atoms with Crippen molar-refractivity contribution in [2.75, 3.05) is 20.3 Å². The molecule has 112 valence electrons. The van der Waals surface area contributed by atoms with Gasteiger partial charge >= 0.3 is 0 Å². The van der Waals surface area contributed by atoms with E-state index in [-0.39, 0.29) is 0 Å². The van der Waals surface area contributed by atoms with E-state index >= 15 is 0 Å². The zero-order valence-electron chi connectivity index (χ0n) is 13.1. The van der Waals surface area contributed by atoms with Crippen molar-refractivity contribution in [3.05, 3.63) is 53.1 Å². The quantitative estimate of drug-likeness (QED) is 0.749. The van der Waals surface area contributed by atoms with Crippen LogP contribution in [0.5, 0.6) is 17.2 Å². The van der Waals surface area contributed by atoms with E-state index in [1.807, 2.05) is 24.3 Å². The summed E-state index contributed by atoms with van der Waals surface area (Å²) in [6.07, 6.45) is 0. The highest BCUT2D eigenvalue weighted by atomic mass is 16.5. The monoisotopic (exact) mass is 286 g/mol. The molecule has 0 saturated carbocycles. The molecule has 0 N–H and O–H groups in total. The summed E-state index contributed by atoms with van der Waals surface area (Å²) < 4.78 is 16.8. The fourth-order valence-corrected chi connectivity index (χ4v) is 2.18. The lowest BCUT2D eigenvalue weighted by Gasteiger charge is -2.15. The maximum absolute atomic E-state index is 5.88. The van der Waals surface area contributed by atoms with E-state index in [2.05, 4.69) is 32.9 Å². The topological polar surface area (TPSA) is 27.7 Å². The van der Waals surface area contributed by atoms with Crippen LogP contribution in [0.4, 0.5) is 0 Å². The maximum atomic E-state index is 5.88. The minimum Gasteiger partial charge on any atom is -0.493 e. The lowest BCUT2D eigenvalue weighted by molar-refractivity contribution is 0.209. The number of hydrogen-bond acceptors (Lipinski definition) is 3. The van der Waals surface area contributed by atoms with Crippen molar-refractivity contribution in [1.82, 2.24) is 0 Å². The maximum Gasteiger partial charge on any atom is 0.161 e. The van der Waals surface area contributed by atoms with Crippen LogP contribution in [0.2, 0.25) is 0 Å². The van der Waals surface area contributed by atoms with Crippen molar-refractivity contribution >= 4 is 0 Å². The SMILES string of the molecule is COc1ccccc1OCCOc1c(C)ccc(C)c1C. The van der Waals surface area contributed by atoms with Crippen molar-refractivity contribution in [1.29, 1.82) is 0 Å². The van der Waals surface area contributed by atoms with Gasteiger partial charge in [-0.3, -0.25) is 0 Å². The first-order valence-electron chi connectivity index (χ1n) is 7.09. The van der Waals surface area contributed by atoms with Crippen LogP contribution in [-0.4, -0.2) is 20.3 Å². The van der Waals surface area contributed by atoms with E-state index in [1.54, 1.807) is 7.11 Å². The predicted molar refractivity (Wildman–Crippen MR) is 84.6 cm³/mol. The van der Waals surface area contributed by atoms with E-state index < -0.39 is 0 Å². The molecule has 0 aliphatic rings. The molecule has 0 heterocycles. The second-order valence-corrected chi connectivity index (χ2v) is 5.00. The minimum atomic E-state index is 0.479. The number of para-hydroxylation sites is 2. The Morgan fingerprint density at radius 3 is 2.10 bits per heavy atom. The fraction of sp³-hybridized carbons (Fsp3) is 0.333. The van der Waals surface area contributed by atoms with Gasteiger partial charge in [-0.05, 0) is 49.6 Å². The summed E-state index contributed by atoms with van der Waals surface area (Å²) in [5.74, 6) is 2.43. The molecule has 0 saturated heterocycles. The molecule has 0 radical (unpaired) electrons. The molecule has 0 spiro atoms. The Hall–Kier alpha value is -2.16. The molecule has 0 unspecified atom stereocenters. The standard InChI is InChI=1S/C18H22O3/c1-13-9-10-14(2)18(15(13)3)21-12-11-20-17-8-6-5-7-16(17)19-4/h5-10H,11-12H2,1-4H3. The van der Waals surface area contributed by atoms with E-state index in [1.165, 1.54) is 11.1 Å². The van der Waals surface area contributed by atoms with Crippen LogP contribution >= 0.6 is 0 Å². The van der Waals surface area contributed by atoms with Crippen LogP contribution in [0.3, 0.4) is 0 Å². The predicted octanol–water partition coefficient (Wildman–Crippen LogP) is 4.08. The van der Waals surface area contributed by atoms with E-state index in [0.29, 0.717) is 13.2 Å². The van der Waals surface area contributed by atoms with Gasteiger partial charge < -0.3 is 14.2 Å². The number of rotatable bonds is 6. The Morgan fingerprint density at radius 1 is 0.762 bits per heavy atom. The average molecular weight is 286 g/mol. The summed E-state index contributed by atoms with van der Waals surface area (Å²) in [5, 5.41) is 0. The van der Waals surface area contributed by atoms with Crippen LogP contribution < -0.4 is 14.2 Å². The molecule has 3 nitrogen and oxygen atoms in total. The summed E-state index contributed by atoms with van der Waals surface area (Å²) in [6, 6.07) is 11.8. The molecule has 0 amide bonds. The van der Waals surface area contributed by atoms with Crippen LogP contribution in [0.1, 0.15) is 16.7 Å². The molecule has 0 aliphatic heterocycles. The second-order valence-electron chi connectivity index (χ2n) is 5.00. The van der Waals surface area contributed by atoms with Crippen LogP contribution in [0, 0.1) is 20.8 Å². The Balaban J connectivity index is 1.92. The average Bonchev–Trinajstić information content (AvgIpc) is 2.50. The largest absolute Gasteiger partial charge is 0.493 e. The fourth-order valence-electron chi connectivity index (χ4n) is 2.18. The Bertz CT molecular complexity index is 605. The highest BCUT2D eigenvalue weighted by Crippen LogP contribution is 2.27. The number of benzene rings is 2. The molecule has 21 heavy (non-hydrogen) atoms. The minimum absolute atomic E-state index is 0.479. The number of methoxy groups -OCH3 is 1. The zero-order valence-corrected chi connectivity index (χ0v) is 13.1. The summed E-state index contributed by atoms with van der Waals surface area (Å²) in [6.45, 7) is 7.21. The van der Waals surface area contributed by atoms with Gasteiger partial charge in [-0.15, -0.1) is 0 Å². The number of ether oxygens (including phenoxy) is 3. The lowest BCUT2D eigenvalue weighted by atomic mass is 10.1. The third-order valence-corrected chi connectivity index (χ3v) is 3.53. The number of aryl methyl sites for hydroxylation is 2. The molecule has 0 fully saturated rings. The Morgan fingerprint density at radius 2 is 1.38 bits per heavy atom. The van der Waals surface area contributed by atoms with Crippen molar-refractivity contribution in [3.8, 4) is 17.2 Å². The van der Waals surface area contributed by atoms with Crippen molar-refractivity contribution in [2.45, 2.75) is 20.8 Å². The second kappa shape index (κ2) is 7.02. The van der Waals surface area contributed by atoms with Gasteiger partial charge in [-0.25, -0.2) is 0 Å².